The second-order valence-corrected chi connectivity index (χ2v) is 8.56. The Labute approximate surface area is 203 Å². The molecule has 1 aromatic heterocycles. The number of halogens is 2. The zero-order chi connectivity index (χ0) is 24.6. The monoisotopic (exact) mass is 484 g/mol. The third kappa shape index (κ3) is 6.94. The smallest absolute Gasteiger partial charge is 0.273 e. The van der Waals surface area contributed by atoms with Crippen molar-refractivity contribution >= 4 is 5.91 Å². The van der Waals surface area contributed by atoms with Gasteiger partial charge in [0, 0.05) is 50.4 Å². The average Bonchev–Trinajstić information content (AvgIpc) is 3.34. The maximum absolute atomic E-state index is 14.4. The molecular formula is C26H30F2N4O3. The van der Waals surface area contributed by atoms with Crippen molar-refractivity contribution in [3.63, 3.8) is 0 Å². The molecule has 0 spiro atoms. The predicted molar refractivity (Wildman–Crippen MR) is 127 cm³/mol. The Kier molecular flexibility index (Phi) is 8.57. The van der Waals surface area contributed by atoms with E-state index >= 15 is 0 Å². The fourth-order valence-electron chi connectivity index (χ4n) is 4.05. The van der Waals surface area contributed by atoms with Crippen molar-refractivity contribution in [1.29, 1.82) is 0 Å². The van der Waals surface area contributed by atoms with Crippen molar-refractivity contribution in [3.05, 3.63) is 89.1 Å². The Morgan fingerprint density at radius 1 is 1.14 bits per heavy atom. The van der Waals surface area contributed by atoms with Crippen LogP contribution in [0.2, 0.25) is 0 Å². The highest BCUT2D eigenvalue weighted by atomic mass is 19.1. The summed E-state index contributed by atoms with van der Waals surface area (Å²) in [7, 11) is 0. The van der Waals surface area contributed by atoms with Crippen LogP contribution in [0.1, 0.15) is 40.5 Å². The molecule has 0 saturated carbocycles. The number of carbonyl (C=O) groups is 1. The molecule has 1 atom stereocenters. The van der Waals surface area contributed by atoms with E-state index in [1.807, 2.05) is 42.2 Å². The summed E-state index contributed by atoms with van der Waals surface area (Å²) in [4.78, 5) is 21.1. The van der Waals surface area contributed by atoms with Gasteiger partial charge in [-0.1, -0.05) is 36.4 Å². The molecule has 1 aliphatic heterocycles. The van der Waals surface area contributed by atoms with Crippen LogP contribution in [0.5, 0.6) is 0 Å². The molecule has 35 heavy (non-hydrogen) atoms. The van der Waals surface area contributed by atoms with Crippen LogP contribution in [-0.4, -0.2) is 60.1 Å². The van der Waals surface area contributed by atoms with E-state index in [-0.39, 0.29) is 30.7 Å². The van der Waals surface area contributed by atoms with Gasteiger partial charge in [0.1, 0.15) is 17.9 Å². The number of nitrogens with one attached hydrogen (secondary N) is 1. The molecule has 0 bridgehead atoms. The van der Waals surface area contributed by atoms with E-state index in [4.69, 9.17) is 9.15 Å². The van der Waals surface area contributed by atoms with Gasteiger partial charge in [0.2, 0.25) is 5.89 Å². The SMILES string of the molecule is CC(c1ccccc1)N(Cc1nc(C(=O)NCCN2CCOCC2)co1)Cc1ccc(F)cc1F. The zero-order valence-corrected chi connectivity index (χ0v) is 19.8. The highest BCUT2D eigenvalue weighted by molar-refractivity contribution is 5.91. The quantitative estimate of drug-likeness (QED) is 0.472. The molecule has 1 amide bonds. The number of ether oxygens (including phenoxy) is 1. The molecule has 1 aliphatic rings. The fraction of sp³-hybridized carbons (Fsp3) is 0.385. The molecule has 2 heterocycles. The lowest BCUT2D eigenvalue weighted by molar-refractivity contribution is 0.0383. The molecule has 4 rings (SSSR count). The molecular weight excluding hydrogens is 454 g/mol. The van der Waals surface area contributed by atoms with Crippen molar-refractivity contribution in [2.45, 2.75) is 26.1 Å². The molecule has 1 unspecified atom stereocenters. The second-order valence-electron chi connectivity index (χ2n) is 8.56. The number of nitrogens with zero attached hydrogens (tertiary/aromatic N) is 3. The number of rotatable bonds is 10. The molecule has 0 aliphatic carbocycles. The van der Waals surface area contributed by atoms with Gasteiger partial charge in [0.05, 0.1) is 19.8 Å². The van der Waals surface area contributed by atoms with Crippen molar-refractivity contribution in [2.24, 2.45) is 0 Å². The van der Waals surface area contributed by atoms with Crippen molar-refractivity contribution < 1.29 is 22.7 Å². The molecule has 1 saturated heterocycles. The predicted octanol–water partition coefficient (Wildman–Crippen LogP) is 3.78. The van der Waals surface area contributed by atoms with Crippen LogP contribution in [0.4, 0.5) is 8.78 Å². The second kappa shape index (κ2) is 12.0. The minimum atomic E-state index is -0.620. The van der Waals surface area contributed by atoms with Crippen LogP contribution in [0.15, 0.2) is 59.2 Å². The number of aromatic nitrogens is 1. The minimum Gasteiger partial charge on any atom is -0.447 e. The van der Waals surface area contributed by atoms with Gasteiger partial charge in [-0.2, -0.15) is 0 Å². The minimum absolute atomic E-state index is 0.113. The van der Waals surface area contributed by atoms with Crippen molar-refractivity contribution in [1.82, 2.24) is 20.1 Å². The lowest BCUT2D eigenvalue weighted by Gasteiger charge is -2.28. The van der Waals surface area contributed by atoms with Gasteiger partial charge in [-0.3, -0.25) is 14.6 Å². The Balaban J connectivity index is 1.42. The summed E-state index contributed by atoms with van der Waals surface area (Å²) in [5.74, 6) is -1.19. The Morgan fingerprint density at radius 2 is 1.91 bits per heavy atom. The van der Waals surface area contributed by atoms with Gasteiger partial charge >= 0.3 is 0 Å². The summed E-state index contributed by atoms with van der Waals surface area (Å²) in [5.41, 5.74) is 1.59. The molecule has 1 fully saturated rings. The highest BCUT2D eigenvalue weighted by Crippen LogP contribution is 2.25. The van der Waals surface area contributed by atoms with Gasteiger partial charge in [-0.15, -0.1) is 0 Å². The first-order chi connectivity index (χ1) is 17.0. The summed E-state index contributed by atoms with van der Waals surface area (Å²) in [6.07, 6.45) is 1.34. The Bertz CT molecular complexity index is 1100. The van der Waals surface area contributed by atoms with Gasteiger partial charge in [0.25, 0.3) is 5.91 Å². The molecule has 186 valence electrons. The van der Waals surface area contributed by atoms with E-state index in [0.717, 1.165) is 31.3 Å². The summed E-state index contributed by atoms with van der Waals surface area (Å²) < 4.78 is 38.7. The van der Waals surface area contributed by atoms with Crippen molar-refractivity contribution in [2.75, 3.05) is 39.4 Å². The Hall–Kier alpha value is -3.14. The number of carbonyl (C=O) groups excluding carboxylic acids is 1. The lowest BCUT2D eigenvalue weighted by atomic mass is 10.1. The van der Waals surface area contributed by atoms with Crippen LogP contribution < -0.4 is 5.32 Å². The lowest BCUT2D eigenvalue weighted by Crippen LogP contribution is -2.41. The number of benzene rings is 2. The Morgan fingerprint density at radius 3 is 2.66 bits per heavy atom. The highest BCUT2D eigenvalue weighted by Gasteiger charge is 2.22. The number of hydrogen-bond donors (Lipinski definition) is 1. The van der Waals surface area contributed by atoms with Crippen LogP contribution in [-0.2, 0) is 17.8 Å². The van der Waals surface area contributed by atoms with E-state index in [9.17, 15) is 13.6 Å². The van der Waals surface area contributed by atoms with Crippen LogP contribution >= 0.6 is 0 Å². The van der Waals surface area contributed by atoms with Crippen LogP contribution in [0.3, 0.4) is 0 Å². The molecule has 0 radical (unpaired) electrons. The number of hydrogen-bond acceptors (Lipinski definition) is 6. The van der Waals surface area contributed by atoms with Crippen LogP contribution in [0.25, 0.3) is 0 Å². The van der Waals surface area contributed by atoms with E-state index in [0.29, 0.717) is 31.2 Å². The first kappa shape index (κ1) is 25.0. The van der Waals surface area contributed by atoms with E-state index in [1.165, 1.54) is 18.4 Å². The van der Waals surface area contributed by atoms with Gasteiger partial charge < -0.3 is 14.5 Å². The normalized spacial score (nSPS) is 15.3. The van der Waals surface area contributed by atoms with Crippen LogP contribution in [0, 0.1) is 11.6 Å². The summed E-state index contributed by atoms with van der Waals surface area (Å²) in [5, 5.41) is 2.87. The van der Waals surface area contributed by atoms with Gasteiger partial charge in [-0.05, 0) is 18.6 Å². The number of amides is 1. The molecule has 1 N–H and O–H groups in total. The third-order valence-corrected chi connectivity index (χ3v) is 6.16. The average molecular weight is 485 g/mol. The van der Waals surface area contributed by atoms with E-state index in [1.54, 1.807) is 0 Å². The third-order valence-electron chi connectivity index (χ3n) is 6.16. The maximum atomic E-state index is 14.4. The molecule has 3 aromatic rings. The van der Waals surface area contributed by atoms with Crippen molar-refractivity contribution in [3.8, 4) is 0 Å². The maximum Gasteiger partial charge on any atom is 0.273 e. The van der Waals surface area contributed by atoms with E-state index < -0.39 is 11.6 Å². The fourth-order valence-corrected chi connectivity index (χ4v) is 4.05. The summed E-state index contributed by atoms with van der Waals surface area (Å²) in [6, 6.07) is 13.2. The first-order valence-electron chi connectivity index (χ1n) is 11.7. The first-order valence-corrected chi connectivity index (χ1v) is 11.7. The zero-order valence-electron chi connectivity index (χ0n) is 19.8. The molecule has 9 heteroatoms. The number of morpholine rings is 1. The van der Waals surface area contributed by atoms with E-state index in [2.05, 4.69) is 15.2 Å². The standard InChI is InChI=1S/C26H30F2N4O3/c1-19(20-5-3-2-4-6-20)32(16-21-7-8-22(27)15-23(21)28)17-25-30-24(18-35-25)26(33)29-9-10-31-11-13-34-14-12-31/h2-8,15,18-19H,9-14,16-17H2,1H3,(H,29,33). The summed E-state index contributed by atoms with van der Waals surface area (Å²) >= 11 is 0. The summed E-state index contributed by atoms with van der Waals surface area (Å²) in [6.45, 7) is 6.83. The topological polar surface area (TPSA) is 70.8 Å². The van der Waals surface area contributed by atoms with Gasteiger partial charge in [0.15, 0.2) is 5.69 Å². The molecule has 7 nitrogen and oxygen atoms in total. The molecule has 2 aromatic carbocycles. The van der Waals surface area contributed by atoms with Gasteiger partial charge in [-0.25, -0.2) is 13.8 Å². The number of oxazole rings is 1. The largest absolute Gasteiger partial charge is 0.447 e.